The number of hydrogen-bond donors (Lipinski definition) is 1. The molecule has 1 aromatic heterocycles. The molecule has 14 heavy (non-hydrogen) atoms. The molecule has 1 heterocycles. The fourth-order valence-corrected chi connectivity index (χ4v) is 1.78. The molecule has 0 bridgehead atoms. The van der Waals surface area contributed by atoms with E-state index in [1.807, 2.05) is 25.5 Å². The zero-order valence-electron chi connectivity index (χ0n) is 9.20. The van der Waals surface area contributed by atoms with Gasteiger partial charge in [-0.15, -0.1) is 10.2 Å². The van der Waals surface area contributed by atoms with E-state index in [0.717, 1.165) is 18.7 Å². The van der Waals surface area contributed by atoms with Crippen LogP contribution in [0.3, 0.4) is 0 Å². The summed E-state index contributed by atoms with van der Waals surface area (Å²) >= 11 is 0. The lowest BCUT2D eigenvalue weighted by Gasteiger charge is -2.29. The SMILES string of the molecule is Cc1nnc(C(C)(O)C2(C)CC2)n1C. The Balaban J connectivity index is 2.43. The third-order valence-corrected chi connectivity index (χ3v) is 3.70. The van der Waals surface area contributed by atoms with Crippen molar-refractivity contribution < 1.29 is 5.11 Å². The van der Waals surface area contributed by atoms with Crippen molar-refractivity contribution in [2.75, 3.05) is 0 Å². The molecule has 1 unspecified atom stereocenters. The number of hydrogen-bond acceptors (Lipinski definition) is 3. The summed E-state index contributed by atoms with van der Waals surface area (Å²) in [5.41, 5.74) is -0.872. The van der Waals surface area contributed by atoms with E-state index in [9.17, 15) is 5.11 Å². The van der Waals surface area contributed by atoms with E-state index in [0.29, 0.717) is 5.82 Å². The Bertz CT molecular complexity index is 363. The van der Waals surface area contributed by atoms with Crippen molar-refractivity contribution in [1.29, 1.82) is 0 Å². The van der Waals surface area contributed by atoms with Gasteiger partial charge in [-0.1, -0.05) is 6.92 Å². The van der Waals surface area contributed by atoms with E-state index in [1.54, 1.807) is 0 Å². The maximum Gasteiger partial charge on any atom is 0.165 e. The molecule has 4 nitrogen and oxygen atoms in total. The molecule has 1 aromatic rings. The minimum absolute atomic E-state index is 0.0137. The molecule has 0 spiro atoms. The van der Waals surface area contributed by atoms with Gasteiger partial charge in [-0.2, -0.15) is 0 Å². The van der Waals surface area contributed by atoms with Crippen LogP contribution in [0.1, 0.15) is 38.3 Å². The molecule has 1 saturated carbocycles. The monoisotopic (exact) mass is 195 g/mol. The van der Waals surface area contributed by atoms with E-state index in [4.69, 9.17) is 0 Å². The lowest BCUT2D eigenvalue weighted by molar-refractivity contribution is -0.0236. The molecule has 2 rings (SSSR count). The zero-order chi connectivity index (χ0) is 10.6. The van der Waals surface area contributed by atoms with Gasteiger partial charge in [0.25, 0.3) is 0 Å². The first-order valence-corrected chi connectivity index (χ1v) is 4.97. The maximum atomic E-state index is 10.5. The lowest BCUT2D eigenvalue weighted by atomic mass is 9.87. The summed E-state index contributed by atoms with van der Waals surface area (Å²) in [6.45, 7) is 5.82. The largest absolute Gasteiger partial charge is 0.382 e. The first-order valence-electron chi connectivity index (χ1n) is 4.97. The second-order valence-electron chi connectivity index (χ2n) is 4.76. The van der Waals surface area contributed by atoms with Gasteiger partial charge in [0, 0.05) is 12.5 Å². The van der Waals surface area contributed by atoms with Crippen molar-refractivity contribution in [1.82, 2.24) is 14.8 Å². The number of aromatic nitrogens is 3. The Kier molecular flexibility index (Phi) is 1.77. The predicted molar refractivity (Wildman–Crippen MR) is 52.7 cm³/mol. The highest BCUT2D eigenvalue weighted by Gasteiger charge is 2.55. The van der Waals surface area contributed by atoms with Crippen molar-refractivity contribution in [2.45, 2.75) is 39.2 Å². The van der Waals surface area contributed by atoms with Crippen molar-refractivity contribution in [3.63, 3.8) is 0 Å². The fraction of sp³-hybridized carbons (Fsp3) is 0.800. The smallest absolute Gasteiger partial charge is 0.165 e. The van der Waals surface area contributed by atoms with Crippen molar-refractivity contribution in [3.8, 4) is 0 Å². The van der Waals surface area contributed by atoms with Gasteiger partial charge in [-0.25, -0.2) is 0 Å². The molecule has 1 fully saturated rings. The van der Waals surface area contributed by atoms with Gasteiger partial charge < -0.3 is 9.67 Å². The summed E-state index contributed by atoms with van der Waals surface area (Å²) in [7, 11) is 1.89. The van der Waals surface area contributed by atoms with Gasteiger partial charge in [0.2, 0.25) is 0 Å². The average Bonchev–Trinajstić information content (AvgIpc) is 2.76. The topological polar surface area (TPSA) is 50.9 Å². The van der Waals surface area contributed by atoms with Crippen LogP contribution in [0.4, 0.5) is 0 Å². The minimum Gasteiger partial charge on any atom is -0.382 e. The van der Waals surface area contributed by atoms with Crippen LogP contribution < -0.4 is 0 Å². The summed E-state index contributed by atoms with van der Waals surface area (Å²) in [5.74, 6) is 1.51. The summed E-state index contributed by atoms with van der Waals surface area (Å²) in [6, 6.07) is 0. The van der Waals surface area contributed by atoms with Crippen LogP contribution in [0.2, 0.25) is 0 Å². The molecular weight excluding hydrogens is 178 g/mol. The molecule has 1 N–H and O–H groups in total. The van der Waals surface area contributed by atoms with Crippen LogP contribution in [0.5, 0.6) is 0 Å². The van der Waals surface area contributed by atoms with Crippen molar-refractivity contribution >= 4 is 0 Å². The maximum absolute atomic E-state index is 10.5. The van der Waals surface area contributed by atoms with Crippen LogP contribution in [0.25, 0.3) is 0 Å². The van der Waals surface area contributed by atoms with Crippen LogP contribution >= 0.6 is 0 Å². The Morgan fingerprint density at radius 2 is 2.00 bits per heavy atom. The van der Waals surface area contributed by atoms with Gasteiger partial charge in [-0.05, 0) is 26.7 Å². The standard InChI is InChI=1S/C10H17N3O/c1-7-11-12-8(13(7)4)10(3,14)9(2)5-6-9/h14H,5-6H2,1-4H3. The zero-order valence-corrected chi connectivity index (χ0v) is 9.20. The molecule has 1 atom stereocenters. The molecular formula is C10H17N3O. The minimum atomic E-state index is -0.858. The summed E-state index contributed by atoms with van der Waals surface area (Å²) < 4.78 is 1.86. The van der Waals surface area contributed by atoms with E-state index >= 15 is 0 Å². The summed E-state index contributed by atoms with van der Waals surface area (Å²) in [5, 5.41) is 18.5. The quantitative estimate of drug-likeness (QED) is 0.769. The Labute approximate surface area is 84.0 Å². The summed E-state index contributed by atoms with van der Waals surface area (Å²) in [6.07, 6.45) is 2.12. The number of aliphatic hydroxyl groups is 1. The molecule has 78 valence electrons. The van der Waals surface area contributed by atoms with Gasteiger partial charge in [0.15, 0.2) is 5.82 Å². The molecule has 0 radical (unpaired) electrons. The predicted octanol–water partition coefficient (Wildman–Crippen LogP) is 1.13. The van der Waals surface area contributed by atoms with E-state index in [1.165, 1.54) is 0 Å². The normalized spacial score (nSPS) is 23.2. The Morgan fingerprint density at radius 1 is 1.43 bits per heavy atom. The molecule has 4 heteroatoms. The molecule has 0 amide bonds. The molecule has 0 aromatic carbocycles. The van der Waals surface area contributed by atoms with Crippen LogP contribution in [0.15, 0.2) is 0 Å². The van der Waals surface area contributed by atoms with Gasteiger partial charge in [0.05, 0.1) is 0 Å². The fourth-order valence-electron chi connectivity index (χ4n) is 1.78. The van der Waals surface area contributed by atoms with E-state index < -0.39 is 5.60 Å². The highest BCUT2D eigenvalue weighted by Crippen LogP contribution is 2.57. The Morgan fingerprint density at radius 3 is 2.36 bits per heavy atom. The van der Waals surface area contributed by atoms with Gasteiger partial charge in [0.1, 0.15) is 11.4 Å². The second-order valence-corrected chi connectivity index (χ2v) is 4.76. The van der Waals surface area contributed by atoms with Crippen molar-refractivity contribution in [2.24, 2.45) is 12.5 Å². The number of aryl methyl sites for hydroxylation is 1. The van der Waals surface area contributed by atoms with Gasteiger partial charge in [-0.3, -0.25) is 0 Å². The second kappa shape index (κ2) is 2.57. The molecule has 0 aliphatic heterocycles. The number of nitrogens with zero attached hydrogens (tertiary/aromatic N) is 3. The first-order chi connectivity index (χ1) is 6.38. The van der Waals surface area contributed by atoms with Gasteiger partial charge >= 0.3 is 0 Å². The highest BCUT2D eigenvalue weighted by atomic mass is 16.3. The van der Waals surface area contributed by atoms with E-state index in [-0.39, 0.29) is 5.41 Å². The van der Waals surface area contributed by atoms with Crippen LogP contribution in [0, 0.1) is 12.3 Å². The van der Waals surface area contributed by atoms with E-state index in [2.05, 4.69) is 17.1 Å². The average molecular weight is 195 g/mol. The first kappa shape index (κ1) is 9.65. The van der Waals surface area contributed by atoms with Crippen molar-refractivity contribution in [3.05, 3.63) is 11.6 Å². The third-order valence-electron chi connectivity index (χ3n) is 3.70. The van der Waals surface area contributed by atoms with Crippen LogP contribution in [-0.4, -0.2) is 19.9 Å². The lowest BCUT2D eigenvalue weighted by Crippen LogP contribution is -2.34. The summed E-state index contributed by atoms with van der Waals surface area (Å²) in [4.78, 5) is 0. The highest BCUT2D eigenvalue weighted by molar-refractivity contribution is 5.14. The number of rotatable bonds is 2. The third kappa shape index (κ3) is 1.10. The molecule has 1 aliphatic carbocycles. The molecule has 1 aliphatic rings. The van der Waals surface area contributed by atoms with Crippen LogP contribution in [-0.2, 0) is 12.6 Å². The Hall–Kier alpha value is -0.900. The molecule has 0 saturated heterocycles.